The molecule has 4 aromatic rings. The summed E-state index contributed by atoms with van der Waals surface area (Å²) in [7, 11) is 0. The molecule has 2 heterocycles. The van der Waals surface area contributed by atoms with Crippen LogP contribution in [0.15, 0.2) is 85.2 Å². The van der Waals surface area contributed by atoms with Gasteiger partial charge in [-0.3, -0.25) is 0 Å². The highest BCUT2D eigenvalue weighted by molar-refractivity contribution is 5.73. The summed E-state index contributed by atoms with van der Waals surface area (Å²) < 4.78 is 5.46. The molecule has 12 aliphatic rings. The lowest BCUT2D eigenvalue weighted by molar-refractivity contribution is -0.600. The van der Waals surface area contributed by atoms with Crippen LogP contribution in [0.4, 0.5) is 0 Å². The van der Waals surface area contributed by atoms with E-state index >= 15 is 0 Å². The molecule has 2 aromatic heterocycles. The second kappa shape index (κ2) is 4.67. The molecule has 0 radical (unpaired) electrons. The Morgan fingerprint density at radius 1 is 0.368 bits per heavy atom. The van der Waals surface area contributed by atoms with Crippen LogP contribution in [-0.4, -0.2) is 9.13 Å². The van der Waals surface area contributed by atoms with E-state index in [2.05, 4.69) is 94.3 Å². The molecule has 0 N–H and O–H groups in total. The van der Waals surface area contributed by atoms with Gasteiger partial charge in [-0.05, 0) is 129 Å². The third-order valence-electron chi connectivity index (χ3n) is 15.9. The van der Waals surface area contributed by atoms with Gasteiger partial charge >= 0.3 is 0 Å². The van der Waals surface area contributed by atoms with Crippen LogP contribution in [-0.2, 0) is 11.1 Å². The molecule has 12 fully saturated rings. The number of aromatic nitrogens is 2. The minimum Gasteiger partial charge on any atom is -0.340 e. The highest BCUT2D eigenvalue weighted by atomic mass is 15.3. The van der Waals surface area contributed by atoms with E-state index in [9.17, 15) is 0 Å². The van der Waals surface area contributed by atoms with Gasteiger partial charge in [0.15, 0.2) is 0 Å². The lowest BCUT2D eigenvalue weighted by Gasteiger charge is -3.07. The molecule has 0 saturated heterocycles. The molecule has 0 amide bonds. The Morgan fingerprint density at radius 2 is 0.684 bits per heavy atom. The first-order valence-electron chi connectivity index (χ1n) is 15.4. The van der Waals surface area contributed by atoms with Crippen LogP contribution in [0.1, 0.15) is 0 Å². The van der Waals surface area contributed by atoms with Gasteiger partial charge in [0.25, 0.3) is 0 Å². The van der Waals surface area contributed by atoms with Crippen LogP contribution in [0.5, 0.6) is 0 Å². The van der Waals surface area contributed by atoms with Gasteiger partial charge in [0, 0.05) is 23.8 Å². The van der Waals surface area contributed by atoms with Crippen molar-refractivity contribution in [3.63, 3.8) is 0 Å². The van der Waals surface area contributed by atoms with Crippen molar-refractivity contribution in [3.05, 3.63) is 85.2 Å². The van der Waals surface area contributed by atoms with E-state index < -0.39 is 0 Å². The maximum Gasteiger partial charge on any atom is 0.0547 e. The summed E-state index contributed by atoms with van der Waals surface area (Å²) in [6.07, 6.45) is 4.81. The Hall–Kier alpha value is -3.00. The summed E-state index contributed by atoms with van der Waals surface area (Å²) in [5.41, 5.74) is 9.40. The van der Waals surface area contributed by atoms with E-state index in [1.54, 1.807) is 0 Å². The molecule has 2 nitrogen and oxygen atoms in total. The quantitative estimate of drug-likeness (QED) is 0.306. The Kier molecular flexibility index (Phi) is 2.16. The Bertz CT molecular complexity index is 1590. The second-order valence-corrected chi connectivity index (χ2v) is 15.2. The van der Waals surface area contributed by atoms with Crippen molar-refractivity contribution in [3.8, 4) is 33.6 Å². The summed E-state index contributed by atoms with van der Waals surface area (Å²) in [5.74, 6) is 15.3. The first-order chi connectivity index (χ1) is 18.9. The van der Waals surface area contributed by atoms with Crippen LogP contribution >= 0.6 is 0 Å². The minimum absolute atomic E-state index is 0.542. The Labute approximate surface area is 221 Å². The summed E-state index contributed by atoms with van der Waals surface area (Å²) in [5, 5.41) is 0. The topological polar surface area (TPSA) is 9.86 Å². The SMILES string of the molecule is c1cc(-c2ccc(-c3ccc(-c4cccn4C45C6C7C8C6C4C8C75)cc3)cc2)n(C23C4C5C6C4C2C6C53)c1. The number of nitrogens with zero attached hydrogens (tertiary/aromatic N) is 2. The molecule has 2 aromatic carbocycles. The van der Waals surface area contributed by atoms with Crippen molar-refractivity contribution in [1.82, 2.24) is 9.13 Å². The third-order valence-corrected chi connectivity index (χ3v) is 15.9. The first-order valence-corrected chi connectivity index (χ1v) is 15.4. The van der Waals surface area contributed by atoms with Gasteiger partial charge in [-0.15, -0.1) is 0 Å². The maximum atomic E-state index is 2.73. The minimum atomic E-state index is 0.542. The summed E-state index contributed by atoms with van der Waals surface area (Å²) in [6.45, 7) is 0. The van der Waals surface area contributed by atoms with Gasteiger partial charge in [0.05, 0.1) is 11.1 Å². The molecule has 0 atom stereocenters. The maximum absolute atomic E-state index is 2.73. The van der Waals surface area contributed by atoms with Crippen molar-refractivity contribution in [2.75, 3.05) is 0 Å². The molecular formula is C36H28N2. The number of benzene rings is 2. The average Bonchev–Trinajstić information content (AvgIpc) is 3.68. The summed E-state index contributed by atoms with van der Waals surface area (Å²) in [4.78, 5) is 0. The molecule has 182 valence electrons. The van der Waals surface area contributed by atoms with Gasteiger partial charge < -0.3 is 9.13 Å². The van der Waals surface area contributed by atoms with E-state index in [0.29, 0.717) is 11.1 Å². The normalized spacial score (nSPS) is 56.6. The largest absolute Gasteiger partial charge is 0.340 e. The molecule has 2 heteroatoms. The highest BCUT2D eigenvalue weighted by Crippen LogP contribution is 3.05. The van der Waals surface area contributed by atoms with Crippen molar-refractivity contribution in [2.24, 2.45) is 82.9 Å². The molecule has 0 bridgehead atoms. The van der Waals surface area contributed by atoms with Crippen LogP contribution in [0.25, 0.3) is 33.6 Å². The van der Waals surface area contributed by atoms with E-state index in [1.165, 1.54) is 45.5 Å². The molecule has 12 saturated carbocycles. The Balaban J connectivity index is 0.789. The van der Waals surface area contributed by atoms with Gasteiger partial charge in [0.2, 0.25) is 0 Å². The number of rotatable bonds is 5. The monoisotopic (exact) mass is 488 g/mol. The van der Waals surface area contributed by atoms with E-state index in [4.69, 9.17) is 0 Å². The molecule has 38 heavy (non-hydrogen) atoms. The zero-order chi connectivity index (χ0) is 23.6. The summed E-state index contributed by atoms with van der Waals surface area (Å²) in [6, 6.07) is 28.2. The predicted molar refractivity (Wildman–Crippen MR) is 144 cm³/mol. The van der Waals surface area contributed by atoms with Gasteiger partial charge in [-0.2, -0.15) is 0 Å². The predicted octanol–water partition coefficient (Wildman–Crippen LogP) is 6.44. The molecule has 0 aliphatic heterocycles. The zero-order valence-electron chi connectivity index (χ0n) is 21.1. The molecule has 16 rings (SSSR count). The van der Waals surface area contributed by atoms with Crippen LogP contribution in [0, 0.1) is 82.9 Å². The fourth-order valence-corrected chi connectivity index (χ4v) is 15.3. The fourth-order valence-electron chi connectivity index (χ4n) is 15.3. The van der Waals surface area contributed by atoms with Gasteiger partial charge in [-0.1, -0.05) is 48.5 Å². The van der Waals surface area contributed by atoms with Gasteiger partial charge in [0.1, 0.15) is 0 Å². The second-order valence-electron chi connectivity index (χ2n) is 15.2. The molecular weight excluding hydrogens is 460 g/mol. The Morgan fingerprint density at radius 3 is 1.03 bits per heavy atom. The van der Waals surface area contributed by atoms with Crippen LogP contribution in [0.3, 0.4) is 0 Å². The first kappa shape index (κ1) is 17.6. The number of hydrogen-bond acceptors (Lipinski definition) is 0. The smallest absolute Gasteiger partial charge is 0.0547 e. The van der Waals surface area contributed by atoms with Crippen LogP contribution in [0.2, 0.25) is 0 Å². The van der Waals surface area contributed by atoms with Gasteiger partial charge in [-0.25, -0.2) is 0 Å². The molecule has 0 unspecified atom stereocenters. The van der Waals surface area contributed by atoms with E-state index in [0.717, 1.165) is 71.0 Å². The lowest BCUT2D eigenvalue weighted by atomic mass is 8.98. The van der Waals surface area contributed by atoms with E-state index in [-0.39, 0.29) is 0 Å². The highest BCUT2D eigenvalue weighted by Gasteiger charge is 3.06. The van der Waals surface area contributed by atoms with Crippen LogP contribution < -0.4 is 0 Å². The fraction of sp³-hybridized carbons (Fsp3) is 0.444. The van der Waals surface area contributed by atoms with Crippen molar-refractivity contribution < 1.29 is 0 Å². The van der Waals surface area contributed by atoms with Crippen molar-refractivity contribution in [2.45, 2.75) is 11.1 Å². The summed E-state index contributed by atoms with van der Waals surface area (Å²) >= 11 is 0. The lowest BCUT2D eigenvalue weighted by Crippen LogP contribution is -3.08. The van der Waals surface area contributed by atoms with Crippen molar-refractivity contribution >= 4 is 0 Å². The van der Waals surface area contributed by atoms with Crippen molar-refractivity contribution in [1.29, 1.82) is 0 Å². The molecule has 0 spiro atoms. The van der Waals surface area contributed by atoms with E-state index in [1.807, 2.05) is 0 Å². The third kappa shape index (κ3) is 1.18. The number of hydrogen-bond donors (Lipinski definition) is 0. The molecule has 12 aliphatic carbocycles. The average molecular weight is 489 g/mol. The standard InChI is InChI=1S/C36H28N2/c1-3-19(37(13-1)35-29-23-21-24(29)31(35)25(21)30(23)35)17-9-5-15(6-10-17)16-7-11-18(12-8-16)20-4-2-14-38(20)36-32-26-22-27(32)34(36)28(22)33(26)36/h1-14,21-34H. The zero-order valence-corrected chi connectivity index (χ0v) is 21.1.